The fraction of sp³-hybridized carbons (Fsp3) is 0.111. The first kappa shape index (κ1) is 13.7. The largest absolute Gasteiger partial charge is 0.271 e. The first-order valence-corrected chi connectivity index (χ1v) is 6.97. The number of fused-ring (bicyclic) bond motifs is 1. The fourth-order valence-electron chi connectivity index (χ4n) is 2.70. The normalized spacial score (nSPS) is 12.5. The first-order valence-electron chi connectivity index (χ1n) is 6.97. The van der Waals surface area contributed by atoms with Crippen molar-refractivity contribution in [1.29, 1.82) is 0 Å². The monoisotopic (exact) mass is 280 g/mol. The quantitative estimate of drug-likeness (QED) is 0.564. The number of nitrogens with one attached hydrogen (secondary N) is 1. The number of rotatable bonds is 4. The van der Waals surface area contributed by atoms with Crippen LogP contribution in [0.3, 0.4) is 0 Å². The summed E-state index contributed by atoms with van der Waals surface area (Å²) in [6, 6.07) is 20.9. The van der Waals surface area contributed by atoms with Crippen molar-refractivity contribution in [3.63, 3.8) is 0 Å². The molecule has 3 rings (SSSR count). The van der Waals surface area contributed by atoms with Gasteiger partial charge in [0.2, 0.25) is 0 Å². The van der Waals surface area contributed by atoms with Crippen LogP contribution in [0.2, 0.25) is 0 Å². The van der Waals surface area contributed by atoms with Crippen molar-refractivity contribution in [3.05, 3.63) is 83.7 Å². The van der Waals surface area contributed by atoms with Gasteiger partial charge in [-0.3, -0.25) is 11.3 Å². The summed E-state index contributed by atoms with van der Waals surface area (Å²) in [6.07, 6.45) is 0.511. The van der Waals surface area contributed by atoms with E-state index in [0.717, 1.165) is 16.3 Å². The van der Waals surface area contributed by atoms with Crippen molar-refractivity contribution < 1.29 is 4.39 Å². The second-order valence-corrected chi connectivity index (χ2v) is 5.08. The molecule has 0 saturated carbocycles. The summed E-state index contributed by atoms with van der Waals surface area (Å²) in [5.74, 6) is 5.52. The van der Waals surface area contributed by atoms with Crippen LogP contribution < -0.4 is 11.3 Å². The Balaban J connectivity index is 2.01. The van der Waals surface area contributed by atoms with Gasteiger partial charge in [0, 0.05) is 0 Å². The smallest absolute Gasteiger partial charge is 0.126 e. The lowest BCUT2D eigenvalue weighted by atomic mass is 9.94. The number of hydrazine groups is 1. The van der Waals surface area contributed by atoms with Gasteiger partial charge in [0.25, 0.3) is 0 Å². The van der Waals surface area contributed by atoms with Crippen LogP contribution in [0, 0.1) is 5.82 Å². The van der Waals surface area contributed by atoms with Gasteiger partial charge in [-0.2, -0.15) is 0 Å². The molecule has 2 nitrogen and oxygen atoms in total. The average molecular weight is 280 g/mol. The van der Waals surface area contributed by atoms with Gasteiger partial charge in [-0.15, -0.1) is 0 Å². The van der Waals surface area contributed by atoms with Gasteiger partial charge in [-0.1, -0.05) is 60.7 Å². The van der Waals surface area contributed by atoms with Crippen molar-refractivity contribution in [1.82, 2.24) is 5.43 Å². The van der Waals surface area contributed by atoms with Gasteiger partial charge in [0.05, 0.1) is 6.04 Å². The molecule has 0 bridgehead atoms. The average Bonchev–Trinajstić information content (AvgIpc) is 2.54. The maximum atomic E-state index is 13.8. The second-order valence-electron chi connectivity index (χ2n) is 5.08. The summed E-state index contributed by atoms with van der Waals surface area (Å²) in [7, 11) is 0. The van der Waals surface area contributed by atoms with E-state index < -0.39 is 0 Å². The summed E-state index contributed by atoms with van der Waals surface area (Å²) in [6.45, 7) is 0. The van der Waals surface area contributed by atoms with E-state index >= 15 is 0 Å². The third-order valence-corrected chi connectivity index (χ3v) is 3.78. The third-order valence-electron chi connectivity index (χ3n) is 3.78. The highest BCUT2D eigenvalue weighted by atomic mass is 19.1. The molecule has 106 valence electrons. The van der Waals surface area contributed by atoms with Gasteiger partial charge in [-0.25, -0.2) is 4.39 Å². The van der Waals surface area contributed by atoms with Crippen LogP contribution >= 0.6 is 0 Å². The van der Waals surface area contributed by atoms with Crippen LogP contribution in [-0.4, -0.2) is 0 Å². The van der Waals surface area contributed by atoms with Gasteiger partial charge in [-0.05, 0) is 34.4 Å². The minimum atomic E-state index is -0.196. The molecular weight excluding hydrogens is 263 g/mol. The molecule has 21 heavy (non-hydrogen) atoms. The molecule has 3 aromatic rings. The van der Waals surface area contributed by atoms with Crippen LogP contribution in [-0.2, 0) is 6.42 Å². The van der Waals surface area contributed by atoms with Crippen molar-refractivity contribution in [2.75, 3.05) is 0 Å². The maximum Gasteiger partial charge on any atom is 0.126 e. The van der Waals surface area contributed by atoms with Crippen molar-refractivity contribution in [2.45, 2.75) is 12.5 Å². The molecule has 0 aromatic heterocycles. The molecule has 0 heterocycles. The van der Waals surface area contributed by atoms with Crippen molar-refractivity contribution in [2.24, 2.45) is 5.84 Å². The molecule has 0 aliphatic rings. The zero-order chi connectivity index (χ0) is 14.7. The number of halogens is 1. The Hall–Kier alpha value is -2.23. The molecule has 0 amide bonds. The van der Waals surface area contributed by atoms with Crippen LogP contribution in [0.1, 0.15) is 17.2 Å². The highest BCUT2D eigenvalue weighted by molar-refractivity contribution is 5.86. The highest BCUT2D eigenvalue weighted by Crippen LogP contribution is 2.26. The van der Waals surface area contributed by atoms with Crippen LogP contribution in [0.5, 0.6) is 0 Å². The minimum absolute atomic E-state index is 0.131. The van der Waals surface area contributed by atoms with Crippen molar-refractivity contribution in [3.8, 4) is 0 Å². The van der Waals surface area contributed by atoms with E-state index in [2.05, 4.69) is 23.6 Å². The van der Waals surface area contributed by atoms with E-state index in [4.69, 9.17) is 5.84 Å². The maximum absolute atomic E-state index is 13.8. The molecule has 0 spiro atoms. The highest BCUT2D eigenvalue weighted by Gasteiger charge is 2.15. The standard InChI is InChI=1S/C18H17FN2/c19-17-11-4-2-7-14(17)12-18(21-20)16-10-5-8-13-6-1-3-9-15(13)16/h1-11,18,21H,12,20H2. The SMILES string of the molecule is NNC(Cc1ccccc1F)c1cccc2ccccc12. The molecule has 0 aliphatic heterocycles. The minimum Gasteiger partial charge on any atom is -0.271 e. The van der Waals surface area contributed by atoms with E-state index in [-0.39, 0.29) is 11.9 Å². The molecular formula is C18H17FN2. The summed E-state index contributed by atoms with van der Waals surface area (Å²) in [5.41, 5.74) is 4.56. The first-order chi connectivity index (χ1) is 10.3. The van der Waals surface area contributed by atoms with Gasteiger partial charge < -0.3 is 0 Å². The summed E-state index contributed by atoms with van der Waals surface area (Å²) >= 11 is 0. The lowest BCUT2D eigenvalue weighted by Gasteiger charge is -2.19. The molecule has 1 atom stereocenters. The summed E-state index contributed by atoms with van der Waals surface area (Å²) < 4.78 is 13.8. The molecule has 0 radical (unpaired) electrons. The Morgan fingerprint density at radius 3 is 2.43 bits per heavy atom. The predicted octanol–water partition coefficient (Wildman–Crippen LogP) is 3.73. The number of benzene rings is 3. The van der Waals surface area contributed by atoms with Gasteiger partial charge in [0.15, 0.2) is 0 Å². The van der Waals surface area contributed by atoms with Crippen molar-refractivity contribution >= 4 is 10.8 Å². The molecule has 3 heteroatoms. The van der Waals surface area contributed by atoms with Crippen LogP contribution in [0.15, 0.2) is 66.7 Å². The Morgan fingerprint density at radius 2 is 1.62 bits per heavy atom. The Morgan fingerprint density at radius 1 is 0.905 bits per heavy atom. The number of nitrogens with two attached hydrogens (primary N) is 1. The number of hydrogen-bond donors (Lipinski definition) is 2. The van der Waals surface area contributed by atoms with E-state index in [1.807, 2.05) is 30.3 Å². The Bertz CT molecular complexity index is 750. The second kappa shape index (κ2) is 6.04. The summed E-state index contributed by atoms with van der Waals surface area (Å²) in [4.78, 5) is 0. The predicted molar refractivity (Wildman–Crippen MR) is 84.1 cm³/mol. The molecule has 0 aliphatic carbocycles. The van der Waals surface area contributed by atoms with E-state index in [9.17, 15) is 4.39 Å². The zero-order valence-corrected chi connectivity index (χ0v) is 11.6. The van der Waals surface area contributed by atoms with E-state index in [1.165, 1.54) is 6.07 Å². The Labute approximate surface area is 123 Å². The molecule has 3 aromatic carbocycles. The lowest BCUT2D eigenvalue weighted by Crippen LogP contribution is -2.30. The molecule has 0 fully saturated rings. The number of hydrogen-bond acceptors (Lipinski definition) is 2. The van der Waals surface area contributed by atoms with E-state index in [1.54, 1.807) is 12.1 Å². The zero-order valence-electron chi connectivity index (χ0n) is 11.6. The summed E-state index contributed by atoms with van der Waals surface area (Å²) in [5, 5.41) is 2.29. The van der Waals surface area contributed by atoms with E-state index in [0.29, 0.717) is 12.0 Å². The van der Waals surface area contributed by atoms with Gasteiger partial charge >= 0.3 is 0 Å². The topological polar surface area (TPSA) is 38.0 Å². The Kier molecular flexibility index (Phi) is 3.95. The van der Waals surface area contributed by atoms with Crippen LogP contribution in [0.4, 0.5) is 4.39 Å². The molecule has 0 saturated heterocycles. The molecule has 1 unspecified atom stereocenters. The van der Waals surface area contributed by atoms with Crippen LogP contribution in [0.25, 0.3) is 10.8 Å². The third kappa shape index (κ3) is 2.79. The fourth-order valence-corrected chi connectivity index (χ4v) is 2.70. The lowest BCUT2D eigenvalue weighted by molar-refractivity contribution is 0.532. The molecule has 3 N–H and O–H groups in total. The van der Waals surface area contributed by atoms with Gasteiger partial charge in [0.1, 0.15) is 5.82 Å².